The molecule has 1 aliphatic rings. The van der Waals surface area contributed by atoms with Crippen molar-refractivity contribution < 1.29 is 101 Å². The van der Waals surface area contributed by atoms with Crippen LogP contribution in [-0.2, 0) is 96.3 Å². The van der Waals surface area contributed by atoms with Crippen LogP contribution < -0.4 is 28.9 Å². The molecule has 1 saturated heterocycles. The third-order valence-electron chi connectivity index (χ3n) is 13.7. The second-order valence-corrected chi connectivity index (χ2v) is 42.6. The second-order valence-electron chi connectivity index (χ2n) is 23.1. The molecule has 1 fully saturated rings. The molecule has 6 rings (SSSR count). The third-order valence-corrected chi connectivity index (χ3v) is 27.8. The van der Waals surface area contributed by atoms with Crippen LogP contribution in [0.2, 0.25) is 0 Å². The first-order valence-corrected chi connectivity index (χ1v) is 48.5. The van der Waals surface area contributed by atoms with Gasteiger partial charge in [0, 0.05) is 129 Å². The van der Waals surface area contributed by atoms with Gasteiger partial charge in [-0.05, 0) is 200 Å². The van der Waals surface area contributed by atoms with Gasteiger partial charge in [0.25, 0.3) is 0 Å². The summed E-state index contributed by atoms with van der Waals surface area (Å²) in [5, 5.41) is 0.938. The Morgan fingerprint density at radius 1 is 0.462 bits per heavy atom. The molecule has 0 bridgehead atoms. The van der Waals surface area contributed by atoms with Crippen LogP contribution in [-0.4, -0.2) is 165 Å². The topological polar surface area (TPSA) is 219 Å². The van der Waals surface area contributed by atoms with E-state index in [2.05, 4.69) is 6.58 Å². The lowest BCUT2D eigenvalue weighted by Crippen LogP contribution is -2.56. The number of carbonyl (C=O) groups is 2. The predicted octanol–water partition coefficient (Wildman–Crippen LogP) is 16.5. The summed E-state index contributed by atoms with van der Waals surface area (Å²) < 4.78 is 112. The highest BCUT2D eigenvalue weighted by Gasteiger charge is 2.45. The average molecular weight is 1610 g/mol. The Morgan fingerprint density at radius 3 is 1.11 bits per heavy atom. The molecular formula is C74H117Cl3O22Si5. The second kappa shape index (κ2) is 53.2. The molecule has 0 aromatic heterocycles. The standard InChI is InChI=1S/C18H30O6Si.C15H24O5Si.C15H24O4Si.C14H24O5Si.C12H15Cl3O2Si/c1-7-20-25(21-8-2,22-9-3)14-15-10-12-16(13-11-15)23-17(19)24-18(4,5)6;1-5-17-21(18-6-2,19-7-3)12-14-8-10-15(11-9-14)20-13(4)16;1-5-16-15-11-9-14(10-12-15)13-20(17-6-2,18-7-3)19-8-4;1-5-17-20(18-6-2,19-7-3)14-10-8-13(9-11-14)16-12-15-4;13-18(14,15)9-10-4-6-11(7-5-10)17-12-3-1-2-8-16-12/h10-13H,7-9,14H2,1-6H3;8-11H,5-7,12H2,1-4H3;5,9-12H,1,6-8,13H2,2-4H3;8-11H,5-7,12H2,1-4H3;4-7,12H,1-3,8-9H2. The van der Waals surface area contributed by atoms with Crippen molar-refractivity contribution in [3.05, 3.63) is 156 Å². The minimum Gasteiger partial charge on any atom is -0.468 e. The molecule has 30 heteroatoms. The molecule has 0 aliphatic carbocycles. The fraction of sp³-hybridized carbons (Fsp3) is 0.541. The van der Waals surface area contributed by atoms with Crippen molar-refractivity contribution in [2.75, 3.05) is 99.8 Å². The molecule has 0 radical (unpaired) electrons. The summed E-state index contributed by atoms with van der Waals surface area (Å²) in [7, 11) is -9.30. The minimum absolute atomic E-state index is 0.118. The van der Waals surface area contributed by atoms with E-state index in [9.17, 15) is 9.59 Å². The van der Waals surface area contributed by atoms with E-state index in [1.807, 2.05) is 180 Å². The molecule has 1 aliphatic heterocycles. The molecule has 104 heavy (non-hydrogen) atoms. The predicted molar refractivity (Wildman–Crippen MR) is 418 cm³/mol. The van der Waals surface area contributed by atoms with Crippen LogP contribution >= 0.6 is 33.2 Å². The molecule has 5 aromatic carbocycles. The highest BCUT2D eigenvalue weighted by atomic mass is 35.8. The van der Waals surface area contributed by atoms with Crippen molar-refractivity contribution >= 4 is 91.8 Å². The Balaban J connectivity index is 0.000000443. The summed E-state index contributed by atoms with van der Waals surface area (Å²) in [5.41, 5.74) is 3.59. The van der Waals surface area contributed by atoms with Gasteiger partial charge in [-0.1, -0.05) is 67.2 Å². The summed E-state index contributed by atoms with van der Waals surface area (Å²) in [6, 6.07) is 37.3. The molecule has 0 N–H and O–H groups in total. The largest absolute Gasteiger partial charge is 0.537 e. The molecule has 1 unspecified atom stereocenters. The lowest BCUT2D eigenvalue weighted by atomic mass is 10.2. The van der Waals surface area contributed by atoms with Crippen molar-refractivity contribution in [1.29, 1.82) is 0 Å². The Morgan fingerprint density at radius 2 is 0.798 bits per heavy atom. The highest BCUT2D eigenvalue weighted by molar-refractivity contribution is 7.64. The Bertz CT molecular complexity index is 2970. The van der Waals surface area contributed by atoms with Crippen LogP contribution in [0.5, 0.6) is 28.7 Å². The van der Waals surface area contributed by atoms with Crippen LogP contribution in [0.25, 0.3) is 0 Å². The molecule has 5 aromatic rings. The van der Waals surface area contributed by atoms with Crippen LogP contribution in [0.15, 0.2) is 134 Å². The molecule has 0 spiro atoms. The summed E-state index contributed by atoms with van der Waals surface area (Å²) in [6.07, 6.45) is 3.79. The molecule has 0 amide bonds. The number of hydrogen-bond donors (Lipinski definition) is 0. The number of carbonyl (C=O) groups excluding carboxylic acids is 2. The number of benzene rings is 5. The van der Waals surface area contributed by atoms with E-state index < -0.39 is 53.0 Å². The van der Waals surface area contributed by atoms with Crippen LogP contribution in [0.1, 0.15) is 152 Å². The lowest BCUT2D eigenvalue weighted by molar-refractivity contribution is -0.131. The zero-order chi connectivity index (χ0) is 77.3. The number of hydrogen-bond acceptors (Lipinski definition) is 22. The maximum atomic E-state index is 11.7. The van der Waals surface area contributed by atoms with E-state index in [-0.39, 0.29) is 19.1 Å². The van der Waals surface area contributed by atoms with Crippen molar-refractivity contribution in [2.45, 2.75) is 166 Å². The Hall–Kier alpha value is -4.63. The summed E-state index contributed by atoms with van der Waals surface area (Å²) in [4.78, 5) is 22.6. The third kappa shape index (κ3) is 39.5. The van der Waals surface area contributed by atoms with E-state index in [0.29, 0.717) is 115 Å². The van der Waals surface area contributed by atoms with Crippen molar-refractivity contribution in [3.63, 3.8) is 0 Å². The number of methoxy groups -OCH3 is 1. The maximum absolute atomic E-state index is 11.7. The van der Waals surface area contributed by atoms with E-state index in [0.717, 1.165) is 70.6 Å². The number of halogens is 3. The zero-order valence-electron chi connectivity index (χ0n) is 64.4. The van der Waals surface area contributed by atoms with Gasteiger partial charge in [0.1, 0.15) is 34.3 Å². The zero-order valence-corrected chi connectivity index (χ0v) is 71.6. The van der Waals surface area contributed by atoms with Gasteiger partial charge in [-0.15, -0.1) is 33.2 Å². The van der Waals surface area contributed by atoms with Gasteiger partial charge >= 0.3 is 53.3 Å². The maximum Gasteiger partial charge on any atom is 0.537 e. The van der Waals surface area contributed by atoms with Crippen molar-refractivity contribution in [2.24, 2.45) is 0 Å². The Kier molecular flexibility index (Phi) is 48.9. The first-order valence-electron chi connectivity index (χ1n) is 35.7. The SMILES string of the molecule is C=COc1ccc(C[Si](OCC)(OCC)OCC)cc1.CCO[Si](Cc1ccc(OC(=O)OC(C)(C)C)cc1)(OCC)OCC.CCO[Si](Cc1ccc(OC(C)=O)cc1)(OCC)OCC.CCO[Si](OCC)(OCC)c1ccc(OCOC)cc1.Cl[Si](Cl)(Cl)Cc1ccc(OC2CCCCO2)cc1. The number of esters is 1. The summed E-state index contributed by atoms with van der Waals surface area (Å²) in [5.74, 6) is 2.93. The van der Waals surface area contributed by atoms with Gasteiger partial charge in [0.15, 0.2) is 13.1 Å². The minimum atomic E-state index is -2.81. The van der Waals surface area contributed by atoms with Gasteiger partial charge in [-0.25, -0.2) is 4.79 Å². The fourth-order valence-corrected chi connectivity index (χ4v) is 22.3. The van der Waals surface area contributed by atoms with Crippen LogP contribution in [0, 0.1) is 0 Å². The summed E-state index contributed by atoms with van der Waals surface area (Å²) in [6.45, 7) is 41.2. The molecule has 586 valence electrons. The van der Waals surface area contributed by atoms with E-state index in [1.54, 1.807) is 52.1 Å². The van der Waals surface area contributed by atoms with Crippen LogP contribution in [0.3, 0.4) is 0 Å². The van der Waals surface area contributed by atoms with Gasteiger partial charge in [-0.2, -0.15) is 0 Å². The summed E-state index contributed by atoms with van der Waals surface area (Å²) >= 11 is 17.6. The molecular weight excluding hydrogens is 1490 g/mol. The van der Waals surface area contributed by atoms with E-state index in [1.165, 1.54) is 13.2 Å². The van der Waals surface area contributed by atoms with E-state index in [4.69, 9.17) is 124 Å². The average Bonchev–Trinajstić information content (AvgIpc) is 0.820. The number of ether oxygens (including phenoxy) is 8. The smallest absolute Gasteiger partial charge is 0.468 e. The van der Waals surface area contributed by atoms with Gasteiger partial charge in [-0.3, -0.25) is 4.79 Å². The molecule has 1 atom stereocenters. The molecule has 22 nitrogen and oxygen atoms in total. The fourth-order valence-electron chi connectivity index (χ4n) is 9.93. The van der Waals surface area contributed by atoms with Gasteiger partial charge in [0.05, 0.1) is 12.9 Å². The monoisotopic (exact) mass is 1600 g/mol. The Labute approximate surface area is 639 Å². The first kappa shape index (κ1) is 95.5. The van der Waals surface area contributed by atoms with Crippen molar-refractivity contribution in [3.8, 4) is 28.7 Å². The molecule has 0 saturated carbocycles. The van der Waals surface area contributed by atoms with E-state index >= 15 is 0 Å². The molecule has 1 heterocycles. The normalized spacial score (nSPS) is 13.2. The van der Waals surface area contributed by atoms with Gasteiger partial charge in [0.2, 0.25) is 0 Å². The first-order chi connectivity index (χ1) is 49.7. The van der Waals surface area contributed by atoms with Crippen LogP contribution in [0.4, 0.5) is 4.79 Å². The number of rotatable bonds is 42. The highest BCUT2D eigenvalue weighted by Crippen LogP contribution is 2.28. The van der Waals surface area contributed by atoms with Gasteiger partial charge < -0.3 is 91.0 Å². The quantitative estimate of drug-likeness (QED) is 0.00674. The lowest BCUT2D eigenvalue weighted by Gasteiger charge is -2.28. The van der Waals surface area contributed by atoms with Crippen molar-refractivity contribution in [1.82, 2.24) is 0 Å².